The minimum absolute atomic E-state index is 0. The second-order valence-corrected chi connectivity index (χ2v) is 3.59. The number of hydrogen-bond acceptors (Lipinski definition) is 5. The van der Waals surface area contributed by atoms with E-state index >= 15 is 0 Å². The number of nitrogens with zero attached hydrogens (tertiary/aromatic N) is 1. The minimum Gasteiger partial charge on any atom is -0.196 e. The Hall–Kier alpha value is -1.11. The summed E-state index contributed by atoms with van der Waals surface area (Å²) in [6, 6.07) is 6.88. The molecule has 1 aromatic carbocycles. The summed E-state index contributed by atoms with van der Waals surface area (Å²) in [5.41, 5.74) is 0. The average Bonchev–Trinajstić information content (AvgIpc) is 2.04. The molecule has 0 heterocycles. The first-order valence-corrected chi connectivity index (χ1v) is 4.57. The van der Waals surface area contributed by atoms with Crippen molar-refractivity contribution in [3.05, 3.63) is 40.4 Å². The van der Waals surface area contributed by atoms with Crippen LogP contribution in [0.2, 0.25) is 0 Å². The Balaban J connectivity index is 0.00000169. The van der Waals surface area contributed by atoms with Crippen LogP contribution in [0.15, 0.2) is 35.2 Å². The monoisotopic (exact) mass is 259 g/mol. The van der Waals surface area contributed by atoms with Crippen molar-refractivity contribution in [2.24, 2.45) is 0 Å². The molecule has 1 rings (SSSR count). The van der Waals surface area contributed by atoms with E-state index in [1.807, 2.05) is 0 Å². The van der Waals surface area contributed by atoms with Crippen LogP contribution >= 0.6 is 0 Å². The van der Waals surface area contributed by atoms with Gasteiger partial charge in [0.2, 0.25) is 0 Å². The molecule has 0 amide bonds. The standard InChI is InChI=1S/C6H5NO5S.Fe/c8-7(9)12-13(10,11)6-4-2-1-3-5-6;/h1-5H;. The van der Waals surface area contributed by atoms with E-state index in [0.717, 1.165) is 0 Å². The summed E-state index contributed by atoms with van der Waals surface area (Å²) in [4.78, 5) is 9.55. The van der Waals surface area contributed by atoms with Crippen LogP contribution in [-0.4, -0.2) is 13.5 Å². The molecule has 0 aliphatic carbocycles. The van der Waals surface area contributed by atoms with Crippen LogP contribution in [0.3, 0.4) is 0 Å². The molecule has 8 heteroatoms. The van der Waals surface area contributed by atoms with Crippen LogP contribution in [0, 0.1) is 10.1 Å². The third-order valence-electron chi connectivity index (χ3n) is 1.19. The average molecular weight is 259 g/mol. The van der Waals surface area contributed by atoms with Crippen molar-refractivity contribution in [3.8, 4) is 0 Å². The maximum absolute atomic E-state index is 11.0. The molecule has 0 bridgehead atoms. The molecule has 14 heavy (non-hydrogen) atoms. The number of rotatable bonds is 3. The topological polar surface area (TPSA) is 86.5 Å². The van der Waals surface area contributed by atoms with Gasteiger partial charge in [-0.05, 0) is 12.1 Å². The van der Waals surface area contributed by atoms with Crippen molar-refractivity contribution < 1.29 is 34.9 Å². The van der Waals surface area contributed by atoms with Crippen LogP contribution in [0.5, 0.6) is 0 Å². The van der Waals surface area contributed by atoms with Gasteiger partial charge < -0.3 is 0 Å². The van der Waals surface area contributed by atoms with Crippen LogP contribution in [0.25, 0.3) is 0 Å². The SMILES string of the molecule is O=[N+]([O-])OS(=O)(=O)c1ccccc1.[Fe]. The quantitative estimate of drug-likeness (QED) is 0.450. The minimum atomic E-state index is -4.26. The van der Waals surface area contributed by atoms with Crippen molar-refractivity contribution >= 4 is 10.1 Å². The first-order chi connectivity index (χ1) is 6.02. The van der Waals surface area contributed by atoms with Crippen LogP contribution in [0.4, 0.5) is 0 Å². The summed E-state index contributed by atoms with van der Waals surface area (Å²) in [6.07, 6.45) is 0. The van der Waals surface area contributed by atoms with Gasteiger partial charge in [-0.1, -0.05) is 18.2 Å². The summed E-state index contributed by atoms with van der Waals surface area (Å²) in [5, 5.41) is 8.43. The summed E-state index contributed by atoms with van der Waals surface area (Å²) < 4.78 is 25.5. The van der Waals surface area contributed by atoms with Crippen molar-refractivity contribution in [2.45, 2.75) is 4.90 Å². The Morgan fingerprint density at radius 1 is 1.21 bits per heavy atom. The maximum Gasteiger partial charge on any atom is 0.334 e. The molecule has 0 aromatic heterocycles. The van der Waals surface area contributed by atoms with Gasteiger partial charge >= 0.3 is 15.2 Å². The summed E-state index contributed by atoms with van der Waals surface area (Å²) in [6.45, 7) is 0. The van der Waals surface area contributed by atoms with E-state index in [-0.39, 0.29) is 22.0 Å². The van der Waals surface area contributed by atoms with E-state index in [9.17, 15) is 18.5 Å². The first kappa shape index (κ1) is 12.9. The smallest absolute Gasteiger partial charge is 0.196 e. The third-order valence-corrected chi connectivity index (χ3v) is 2.36. The van der Waals surface area contributed by atoms with Crippen LogP contribution < -0.4 is 0 Å². The van der Waals surface area contributed by atoms with Crippen molar-refractivity contribution in [1.29, 1.82) is 0 Å². The number of hydrogen-bond donors (Lipinski definition) is 0. The van der Waals surface area contributed by atoms with E-state index in [4.69, 9.17) is 0 Å². The van der Waals surface area contributed by atoms with Crippen molar-refractivity contribution in [1.82, 2.24) is 0 Å². The molecule has 0 aliphatic rings. The van der Waals surface area contributed by atoms with Gasteiger partial charge in [0, 0.05) is 17.1 Å². The zero-order valence-electron chi connectivity index (χ0n) is 6.64. The molecule has 0 fully saturated rings. The molecule has 78 valence electrons. The van der Waals surface area contributed by atoms with Crippen molar-refractivity contribution in [3.63, 3.8) is 0 Å². The van der Waals surface area contributed by atoms with Gasteiger partial charge in [-0.25, -0.2) is 0 Å². The zero-order chi connectivity index (χ0) is 9.90. The summed E-state index contributed by atoms with van der Waals surface area (Å²) in [7, 11) is -4.26. The van der Waals surface area contributed by atoms with Crippen LogP contribution in [-0.2, 0) is 31.5 Å². The summed E-state index contributed by atoms with van der Waals surface area (Å²) >= 11 is 0. The molecule has 1 aromatic rings. The Bertz CT molecular complexity index is 403. The molecule has 0 radical (unpaired) electrons. The molecule has 0 atom stereocenters. The predicted octanol–water partition coefficient (Wildman–Crippen LogP) is 0.581. The van der Waals surface area contributed by atoms with Crippen LogP contribution in [0.1, 0.15) is 0 Å². The van der Waals surface area contributed by atoms with Gasteiger partial charge in [-0.15, -0.1) is 10.1 Å². The van der Waals surface area contributed by atoms with E-state index in [2.05, 4.69) is 4.28 Å². The molecule has 0 unspecified atom stereocenters. The van der Waals surface area contributed by atoms with Gasteiger partial charge in [0.15, 0.2) is 0 Å². The van der Waals surface area contributed by atoms with Crippen molar-refractivity contribution in [2.75, 3.05) is 0 Å². The van der Waals surface area contributed by atoms with Gasteiger partial charge in [0.25, 0.3) is 0 Å². The molecular weight excluding hydrogens is 254 g/mol. The first-order valence-electron chi connectivity index (χ1n) is 3.16. The molecule has 0 N–H and O–H groups in total. The predicted molar refractivity (Wildman–Crippen MR) is 41.7 cm³/mol. The fraction of sp³-hybridized carbons (Fsp3) is 0. The molecule has 6 nitrogen and oxygen atoms in total. The van der Waals surface area contributed by atoms with Gasteiger partial charge in [0.05, 0.1) is 4.90 Å². The van der Waals surface area contributed by atoms with E-state index < -0.39 is 15.2 Å². The Labute approximate surface area is 90.6 Å². The third kappa shape index (κ3) is 3.33. The van der Waals surface area contributed by atoms with Gasteiger partial charge in [0.1, 0.15) is 0 Å². The molecule has 0 spiro atoms. The maximum atomic E-state index is 11.0. The fourth-order valence-corrected chi connectivity index (χ4v) is 1.45. The number of benzene rings is 1. The van der Waals surface area contributed by atoms with E-state index in [1.165, 1.54) is 24.3 Å². The summed E-state index contributed by atoms with van der Waals surface area (Å²) in [5.74, 6) is 0. The van der Waals surface area contributed by atoms with E-state index in [1.54, 1.807) is 6.07 Å². The van der Waals surface area contributed by atoms with E-state index in [0.29, 0.717) is 0 Å². The molecule has 0 aliphatic heterocycles. The van der Waals surface area contributed by atoms with Gasteiger partial charge in [-0.3, -0.25) is 0 Å². The fourth-order valence-electron chi connectivity index (χ4n) is 0.710. The largest absolute Gasteiger partial charge is 0.334 e. The van der Waals surface area contributed by atoms with Gasteiger partial charge in [-0.2, -0.15) is 12.7 Å². The Morgan fingerprint density at radius 3 is 2.14 bits per heavy atom. The normalized spacial score (nSPS) is 10.0. The zero-order valence-corrected chi connectivity index (χ0v) is 8.56. The Kier molecular flexibility index (Phi) is 4.55. The molecular formula is C6H5FeNO5S. The molecule has 0 saturated heterocycles. The second-order valence-electron chi connectivity index (χ2n) is 2.07. The second kappa shape index (κ2) is 4.94. The Morgan fingerprint density at radius 2 is 1.71 bits per heavy atom. The molecule has 0 saturated carbocycles.